The second kappa shape index (κ2) is 5.36. The van der Waals surface area contributed by atoms with Crippen molar-refractivity contribution in [3.05, 3.63) is 0 Å². The molecule has 1 amide bonds. The molecule has 0 aromatic carbocycles. The number of hydrogen-bond donors (Lipinski definition) is 3. The molecule has 1 fully saturated rings. The molecule has 1 saturated carbocycles. The van der Waals surface area contributed by atoms with E-state index < -0.39 is 5.41 Å². The molecule has 0 spiro atoms. The number of rotatable bonds is 5. The monoisotopic (exact) mass is 271 g/mol. The Balaban J connectivity index is 2.66. The molecule has 6 nitrogen and oxygen atoms in total. The van der Waals surface area contributed by atoms with Crippen LogP contribution in [0.2, 0.25) is 0 Å². The molecule has 2 unspecified atom stereocenters. The van der Waals surface area contributed by atoms with E-state index in [0.29, 0.717) is 6.61 Å². The van der Waals surface area contributed by atoms with E-state index in [-0.39, 0.29) is 29.3 Å². The van der Waals surface area contributed by atoms with Crippen LogP contribution >= 0.6 is 0 Å². The van der Waals surface area contributed by atoms with Gasteiger partial charge >= 0.3 is 0 Å². The average Bonchev–Trinajstić information content (AvgIpc) is 2.36. The maximum Gasteiger partial charge on any atom is 0.233 e. The molecule has 1 rings (SSSR count). The number of nitrogens with one attached hydrogen (secondary N) is 1. The van der Waals surface area contributed by atoms with Gasteiger partial charge in [-0.25, -0.2) is 0 Å². The van der Waals surface area contributed by atoms with Gasteiger partial charge in [-0.3, -0.25) is 4.79 Å². The maximum absolute atomic E-state index is 12.2. The number of amides is 1. The van der Waals surface area contributed by atoms with Gasteiger partial charge in [-0.2, -0.15) is 0 Å². The molecule has 4 N–H and O–H groups in total. The summed E-state index contributed by atoms with van der Waals surface area (Å²) in [5, 5.41) is 14.6. The third-order valence-electron chi connectivity index (χ3n) is 4.17. The highest BCUT2D eigenvalue weighted by atomic mass is 16.5. The van der Waals surface area contributed by atoms with Gasteiger partial charge in [0, 0.05) is 18.1 Å². The van der Waals surface area contributed by atoms with Crippen LogP contribution in [0.25, 0.3) is 0 Å². The van der Waals surface area contributed by atoms with Crippen molar-refractivity contribution in [1.82, 2.24) is 5.32 Å². The summed E-state index contributed by atoms with van der Waals surface area (Å²) in [4.78, 5) is 12.2. The highest BCUT2D eigenvalue weighted by Gasteiger charge is 2.50. The first kappa shape index (κ1) is 15.8. The van der Waals surface area contributed by atoms with Crippen LogP contribution in [0.15, 0.2) is 5.16 Å². The number of nitrogens with zero attached hydrogens (tertiary/aromatic N) is 1. The van der Waals surface area contributed by atoms with Gasteiger partial charge in [0.2, 0.25) is 5.91 Å². The first-order valence-corrected chi connectivity index (χ1v) is 6.58. The molecule has 1 aliphatic rings. The number of hydrogen-bond acceptors (Lipinski definition) is 4. The summed E-state index contributed by atoms with van der Waals surface area (Å²) in [5.74, 6) is -0.334. The van der Waals surface area contributed by atoms with Crippen molar-refractivity contribution in [3.63, 3.8) is 0 Å². The lowest BCUT2D eigenvalue weighted by atomic mass is 9.64. The van der Waals surface area contributed by atoms with Crippen LogP contribution in [0.1, 0.15) is 41.0 Å². The Kier molecular flexibility index (Phi) is 4.45. The number of carbonyl (C=O) groups excluding carboxylic acids is 1. The number of carbonyl (C=O) groups is 1. The van der Waals surface area contributed by atoms with Gasteiger partial charge < -0.3 is 21.0 Å². The Morgan fingerprint density at radius 3 is 2.58 bits per heavy atom. The van der Waals surface area contributed by atoms with Crippen molar-refractivity contribution in [2.45, 2.75) is 53.2 Å². The minimum absolute atomic E-state index is 0.0438. The van der Waals surface area contributed by atoms with Gasteiger partial charge in [-0.1, -0.05) is 19.0 Å². The second-order valence-electron chi connectivity index (χ2n) is 6.14. The molecule has 110 valence electrons. The predicted molar refractivity (Wildman–Crippen MR) is 72.9 cm³/mol. The van der Waals surface area contributed by atoms with Crippen LogP contribution in [0.3, 0.4) is 0 Å². The van der Waals surface area contributed by atoms with E-state index in [2.05, 4.69) is 24.3 Å². The van der Waals surface area contributed by atoms with E-state index in [9.17, 15) is 4.79 Å². The Labute approximate surface area is 114 Å². The van der Waals surface area contributed by atoms with Gasteiger partial charge in [0.1, 0.15) is 5.41 Å². The largest absolute Gasteiger partial charge is 0.409 e. The normalized spacial score (nSPS) is 26.7. The maximum atomic E-state index is 12.2. The Morgan fingerprint density at radius 1 is 1.58 bits per heavy atom. The Bertz CT molecular complexity index is 377. The third kappa shape index (κ3) is 2.83. The average molecular weight is 271 g/mol. The lowest BCUT2D eigenvalue weighted by Gasteiger charge is -2.52. The van der Waals surface area contributed by atoms with Crippen molar-refractivity contribution < 1.29 is 14.7 Å². The summed E-state index contributed by atoms with van der Waals surface area (Å²) >= 11 is 0. The molecule has 0 radical (unpaired) electrons. The highest BCUT2D eigenvalue weighted by molar-refractivity contribution is 6.06. The molecule has 0 heterocycles. The van der Waals surface area contributed by atoms with Gasteiger partial charge in [0.25, 0.3) is 0 Å². The highest BCUT2D eigenvalue weighted by Crippen LogP contribution is 2.43. The van der Waals surface area contributed by atoms with Crippen LogP contribution in [0, 0.1) is 10.8 Å². The first-order chi connectivity index (χ1) is 8.67. The lowest BCUT2D eigenvalue weighted by molar-refractivity contribution is -0.140. The molecule has 0 saturated heterocycles. The zero-order chi connectivity index (χ0) is 14.8. The standard InChI is InChI=1S/C13H25N3O3/c1-6-19-9-7-8(12(9,2)3)15-11(17)13(4,5)10(14)16-18/h8-9,18H,6-7H2,1-5H3,(H2,14,16)(H,15,17). The minimum atomic E-state index is -1.03. The van der Waals surface area contributed by atoms with Crippen LogP contribution < -0.4 is 11.1 Å². The smallest absolute Gasteiger partial charge is 0.233 e. The van der Waals surface area contributed by atoms with E-state index in [1.165, 1.54) is 0 Å². The number of nitrogens with two attached hydrogens (primary N) is 1. The van der Waals surface area contributed by atoms with E-state index >= 15 is 0 Å². The van der Waals surface area contributed by atoms with Crippen LogP contribution in [-0.2, 0) is 9.53 Å². The Morgan fingerprint density at radius 2 is 2.16 bits per heavy atom. The molecule has 0 aromatic heterocycles. The Hall–Kier alpha value is -1.30. The van der Waals surface area contributed by atoms with E-state index in [4.69, 9.17) is 15.7 Å². The molecular weight excluding hydrogens is 246 g/mol. The number of oxime groups is 1. The lowest BCUT2D eigenvalue weighted by Crippen LogP contribution is -2.64. The topological polar surface area (TPSA) is 96.9 Å². The molecule has 19 heavy (non-hydrogen) atoms. The van der Waals surface area contributed by atoms with Gasteiger partial charge in [-0.15, -0.1) is 0 Å². The summed E-state index contributed by atoms with van der Waals surface area (Å²) in [5.41, 5.74) is 4.41. The molecule has 2 atom stereocenters. The molecule has 0 aliphatic heterocycles. The SMILES string of the molecule is CCOC1CC(NC(=O)C(C)(C)C(N)=NO)C1(C)C. The van der Waals surface area contributed by atoms with Crippen LogP contribution in [-0.4, -0.2) is 35.7 Å². The first-order valence-electron chi connectivity index (χ1n) is 6.58. The van der Waals surface area contributed by atoms with E-state index in [1.54, 1.807) is 13.8 Å². The zero-order valence-corrected chi connectivity index (χ0v) is 12.4. The third-order valence-corrected chi connectivity index (χ3v) is 4.17. The summed E-state index contributed by atoms with van der Waals surface area (Å²) in [7, 11) is 0. The quantitative estimate of drug-likeness (QED) is 0.302. The van der Waals surface area contributed by atoms with Crippen molar-refractivity contribution >= 4 is 11.7 Å². The van der Waals surface area contributed by atoms with Gasteiger partial charge in [0.05, 0.1) is 6.10 Å². The number of amidine groups is 1. The van der Waals surface area contributed by atoms with Crippen LogP contribution in [0.5, 0.6) is 0 Å². The van der Waals surface area contributed by atoms with Crippen molar-refractivity contribution in [2.24, 2.45) is 21.7 Å². The molecule has 0 aromatic rings. The fourth-order valence-electron chi connectivity index (χ4n) is 2.19. The van der Waals surface area contributed by atoms with E-state index in [1.807, 2.05) is 6.92 Å². The fraction of sp³-hybridized carbons (Fsp3) is 0.846. The molecule has 1 aliphatic carbocycles. The van der Waals surface area contributed by atoms with Crippen LogP contribution in [0.4, 0.5) is 0 Å². The number of ether oxygens (including phenoxy) is 1. The summed E-state index contributed by atoms with van der Waals surface area (Å²) in [6, 6.07) is 0.0438. The van der Waals surface area contributed by atoms with Gasteiger partial charge in [0.15, 0.2) is 5.84 Å². The second-order valence-corrected chi connectivity index (χ2v) is 6.14. The predicted octanol–water partition coefficient (Wildman–Crippen LogP) is 1.08. The summed E-state index contributed by atoms with van der Waals surface area (Å²) in [6.07, 6.45) is 0.952. The zero-order valence-electron chi connectivity index (χ0n) is 12.4. The minimum Gasteiger partial charge on any atom is -0.409 e. The van der Waals surface area contributed by atoms with Gasteiger partial charge in [-0.05, 0) is 27.2 Å². The van der Waals surface area contributed by atoms with Crippen molar-refractivity contribution in [3.8, 4) is 0 Å². The summed E-state index contributed by atoms with van der Waals surface area (Å²) < 4.78 is 5.62. The van der Waals surface area contributed by atoms with Crippen molar-refractivity contribution in [1.29, 1.82) is 0 Å². The fourth-order valence-corrected chi connectivity index (χ4v) is 2.19. The molecular formula is C13H25N3O3. The van der Waals surface area contributed by atoms with Crippen molar-refractivity contribution in [2.75, 3.05) is 6.61 Å². The van der Waals surface area contributed by atoms with E-state index in [0.717, 1.165) is 6.42 Å². The summed E-state index contributed by atoms with van der Waals surface area (Å²) in [6.45, 7) is 10.0. The molecule has 6 heteroatoms. The molecule has 0 bridgehead atoms.